The molecule has 1 aromatic heterocycles. The predicted molar refractivity (Wildman–Crippen MR) is 151 cm³/mol. The molecular weight excluding hydrogens is 530 g/mol. The summed E-state index contributed by atoms with van der Waals surface area (Å²) in [7, 11) is 0. The van der Waals surface area contributed by atoms with E-state index in [1.165, 1.54) is 13.3 Å². The molecule has 0 radical (unpaired) electrons. The van der Waals surface area contributed by atoms with E-state index in [1.807, 2.05) is 48.5 Å². The molecule has 3 aromatic rings. The second-order valence-corrected chi connectivity index (χ2v) is 10.8. The largest absolute Gasteiger partial charge is 0.392 e. The van der Waals surface area contributed by atoms with E-state index < -0.39 is 6.29 Å². The highest BCUT2D eigenvalue weighted by molar-refractivity contribution is 7.99. The fourth-order valence-corrected chi connectivity index (χ4v) is 5.19. The van der Waals surface area contributed by atoms with Crippen molar-refractivity contribution in [3.63, 3.8) is 0 Å². The number of carbonyl (C=O) groups is 2. The van der Waals surface area contributed by atoms with Crippen molar-refractivity contribution in [2.24, 2.45) is 0 Å². The van der Waals surface area contributed by atoms with Crippen LogP contribution in [-0.2, 0) is 32.2 Å². The van der Waals surface area contributed by atoms with Crippen molar-refractivity contribution in [2.45, 2.75) is 75.8 Å². The Kier molecular flexibility index (Phi) is 11.5. The van der Waals surface area contributed by atoms with E-state index in [0.29, 0.717) is 31.7 Å². The monoisotopic (exact) mass is 567 g/mol. The Morgan fingerprint density at radius 1 is 1.00 bits per heavy atom. The summed E-state index contributed by atoms with van der Waals surface area (Å²) in [5, 5.41) is 22.7. The number of aromatic amines is 1. The van der Waals surface area contributed by atoms with Crippen LogP contribution in [0.25, 0.3) is 0 Å². The van der Waals surface area contributed by atoms with Crippen LogP contribution in [0.15, 0.2) is 60.0 Å². The Hall–Kier alpha value is -3.25. The van der Waals surface area contributed by atoms with Gasteiger partial charge in [0.2, 0.25) is 11.8 Å². The number of amides is 2. The topological polar surface area (TPSA) is 138 Å². The third-order valence-electron chi connectivity index (χ3n) is 6.61. The highest BCUT2D eigenvalue weighted by Crippen LogP contribution is 2.39. The molecule has 4 N–H and O–H groups in total. The summed E-state index contributed by atoms with van der Waals surface area (Å²) in [6.07, 6.45) is 4.42. The number of benzene rings is 2. The lowest BCUT2D eigenvalue weighted by Crippen LogP contribution is -2.31. The van der Waals surface area contributed by atoms with Gasteiger partial charge in [0.1, 0.15) is 6.33 Å². The van der Waals surface area contributed by atoms with Gasteiger partial charge >= 0.3 is 0 Å². The van der Waals surface area contributed by atoms with Crippen LogP contribution >= 0.6 is 11.8 Å². The number of aliphatic hydroxyl groups is 1. The second-order valence-electron chi connectivity index (χ2n) is 9.76. The molecule has 0 aliphatic carbocycles. The van der Waals surface area contributed by atoms with Gasteiger partial charge in [-0.1, -0.05) is 66.7 Å². The fraction of sp³-hybridized carbons (Fsp3) is 0.448. The molecule has 0 spiro atoms. The van der Waals surface area contributed by atoms with E-state index in [2.05, 4.69) is 25.8 Å². The van der Waals surface area contributed by atoms with E-state index in [0.717, 1.165) is 46.7 Å². The minimum atomic E-state index is -0.544. The minimum Gasteiger partial charge on any atom is -0.392 e. The van der Waals surface area contributed by atoms with Crippen LogP contribution in [0.3, 0.4) is 0 Å². The number of nitrogens with one attached hydrogen (secondary N) is 3. The maximum Gasteiger partial charge on any atom is 0.220 e. The van der Waals surface area contributed by atoms with Crippen LogP contribution < -0.4 is 10.6 Å². The highest BCUT2D eigenvalue weighted by Gasteiger charge is 2.32. The zero-order valence-corrected chi connectivity index (χ0v) is 23.5. The van der Waals surface area contributed by atoms with E-state index in [9.17, 15) is 14.7 Å². The summed E-state index contributed by atoms with van der Waals surface area (Å²) in [4.78, 5) is 27.3. The third-order valence-corrected chi connectivity index (χ3v) is 7.62. The summed E-state index contributed by atoms with van der Waals surface area (Å²) in [5.41, 5.74) is 3.79. The number of ether oxygens (including phenoxy) is 2. The van der Waals surface area contributed by atoms with E-state index in [1.54, 1.807) is 11.8 Å². The van der Waals surface area contributed by atoms with Crippen molar-refractivity contribution in [2.75, 3.05) is 12.3 Å². The standard InChI is InChI=1S/C29H37N5O5S/c1-20(36)30-14-4-2-3-5-27(37)31-16-21-6-12-24(13-7-21)28-38-25(18-40-29-32-19-33-34-29)15-26(39-28)23-10-8-22(17-35)9-11-23/h6-13,19,25-26,28,35H,2-5,14-18H2,1H3,(H,30,36)(H,31,37)(H,32,33,34). The molecule has 2 aromatic carbocycles. The number of carbonyl (C=O) groups excluding carboxylic acids is 2. The van der Waals surface area contributed by atoms with Gasteiger partial charge < -0.3 is 25.2 Å². The van der Waals surface area contributed by atoms with Gasteiger partial charge in [-0.15, -0.1) is 0 Å². The van der Waals surface area contributed by atoms with Crippen LogP contribution in [-0.4, -0.2) is 50.5 Å². The Balaban J connectivity index is 1.31. The number of hydrogen-bond donors (Lipinski definition) is 4. The number of nitrogens with zero attached hydrogens (tertiary/aromatic N) is 2. The third kappa shape index (κ3) is 9.44. The molecule has 214 valence electrons. The fourth-order valence-electron chi connectivity index (χ4n) is 4.39. The SMILES string of the molecule is CC(=O)NCCCCCC(=O)NCc1ccc(C2OC(CSc3ncn[nH]3)CC(c3ccc(CO)cc3)O2)cc1. The van der Waals surface area contributed by atoms with Gasteiger partial charge in [-0.3, -0.25) is 14.7 Å². The smallest absolute Gasteiger partial charge is 0.220 e. The minimum absolute atomic E-state index is 0.000719. The van der Waals surface area contributed by atoms with Crippen molar-refractivity contribution >= 4 is 23.6 Å². The average molecular weight is 568 g/mol. The molecule has 1 aliphatic heterocycles. The Morgan fingerprint density at radius 2 is 1.75 bits per heavy atom. The molecule has 1 saturated heterocycles. The maximum absolute atomic E-state index is 12.2. The molecule has 1 aliphatic rings. The van der Waals surface area contributed by atoms with Gasteiger partial charge in [-0.05, 0) is 29.5 Å². The lowest BCUT2D eigenvalue weighted by atomic mass is 10.0. The number of aliphatic hydroxyl groups excluding tert-OH is 1. The van der Waals surface area contributed by atoms with Crippen LogP contribution in [0.5, 0.6) is 0 Å². The van der Waals surface area contributed by atoms with E-state index in [4.69, 9.17) is 9.47 Å². The maximum atomic E-state index is 12.2. The molecule has 10 nitrogen and oxygen atoms in total. The van der Waals surface area contributed by atoms with Crippen molar-refractivity contribution in [1.82, 2.24) is 25.8 Å². The van der Waals surface area contributed by atoms with Crippen molar-refractivity contribution in [1.29, 1.82) is 0 Å². The van der Waals surface area contributed by atoms with Crippen LogP contribution in [0.1, 0.15) is 73.7 Å². The Labute approximate surface area is 238 Å². The Bertz CT molecular complexity index is 1190. The first kappa shape index (κ1) is 29.7. The first-order chi connectivity index (χ1) is 19.5. The molecule has 11 heteroatoms. The van der Waals surface area contributed by atoms with Crippen LogP contribution in [0, 0.1) is 0 Å². The quantitative estimate of drug-likeness (QED) is 0.170. The van der Waals surface area contributed by atoms with Crippen LogP contribution in [0.2, 0.25) is 0 Å². The molecule has 4 rings (SSSR count). The molecule has 0 bridgehead atoms. The summed E-state index contributed by atoms with van der Waals surface area (Å²) in [6.45, 7) is 2.60. The Morgan fingerprint density at radius 3 is 2.45 bits per heavy atom. The molecule has 1 fully saturated rings. The zero-order chi connectivity index (χ0) is 28.2. The number of rotatable bonds is 14. The number of thioether (sulfide) groups is 1. The zero-order valence-electron chi connectivity index (χ0n) is 22.7. The van der Waals surface area contributed by atoms with Gasteiger partial charge in [0.05, 0.1) is 18.8 Å². The molecule has 40 heavy (non-hydrogen) atoms. The number of hydrogen-bond acceptors (Lipinski definition) is 8. The average Bonchev–Trinajstić information content (AvgIpc) is 3.51. The summed E-state index contributed by atoms with van der Waals surface area (Å²) in [5.74, 6) is 0.683. The van der Waals surface area contributed by atoms with Crippen molar-refractivity contribution in [3.8, 4) is 0 Å². The second kappa shape index (κ2) is 15.5. The predicted octanol–water partition coefficient (Wildman–Crippen LogP) is 3.95. The highest BCUT2D eigenvalue weighted by atomic mass is 32.2. The van der Waals surface area contributed by atoms with E-state index >= 15 is 0 Å². The van der Waals surface area contributed by atoms with Gasteiger partial charge in [0, 0.05) is 44.2 Å². The lowest BCUT2D eigenvalue weighted by molar-refractivity contribution is -0.245. The van der Waals surface area contributed by atoms with Crippen LogP contribution in [0.4, 0.5) is 0 Å². The number of unbranched alkanes of at least 4 members (excludes halogenated alkanes) is 2. The summed E-state index contributed by atoms with van der Waals surface area (Å²) >= 11 is 1.56. The van der Waals surface area contributed by atoms with Crippen molar-refractivity contribution in [3.05, 3.63) is 77.1 Å². The lowest BCUT2D eigenvalue weighted by Gasteiger charge is -2.36. The first-order valence-corrected chi connectivity index (χ1v) is 14.6. The molecule has 3 unspecified atom stereocenters. The van der Waals surface area contributed by atoms with Gasteiger partial charge in [-0.25, -0.2) is 4.98 Å². The number of aromatic nitrogens is 3. The summed E-state index contributed by atoms with van der Waals surface area (Å²) in [6, 6.07) is 15.7. The van der Waals surface area contributed by atoms with Crippen molar-refractivity contribution < 1.29 is 24.2 Å². The van der Waals surface area contributed by atoms with Gasteiger partial charge in [0.25, 0.3) is 0 Å². The molecule has 2 heterocycles. The molecule has 2 amide bonds. The number of H-pyrrole nitrogens is 1. The molecular formula is C29H37N5O5S. The first-order valence-electron chi connectivity index (χ1n) is 13.6. The van der Waals surface area contributed by atoms with Gasteiger partial charge in [0.15, 0.2) is 11.4 Å². The molecule has 3 atom stereocenters. The summed E-state index contributed by atoms with van der Waals surface area (Å²) < 4.78 is 12.8. The molecule has 0 saturated carbocycles. The normalized spacial score (nSPS) is 18.8. The van der Waals surface area contributed by atoms with Gasteiger partial charge in [-0.2, -0.15) is 5.10 Å². The van der Waals surface area contributed by atoms with E-state index in [-0.39, 0.29) is 30.6 Å².